The highest BCUT2D eigenvalue weighted by Gasteiger charge is 2.14. The minimum Gasteiger partial charge on any atom is -0.482 e. The van der Waals surface area contributed by atoms with Crippen LogP contribution >= 0.6 is 0 Å². The van der Waals surface area contributed by atoms with E-state index in [1.807, 2.05) is 13.8 Å². The third-order valence-electron chi connectivity index (χ3n) is 2.82. The van der Waals surface area contributed by atoms with Gasteiger partial charge >= 0.3 is 5.97 Å². The normalized spacial score (nSPS) is 12.9. The first-order chi connectivity index (χ1) is 9.35. The van der Waals surface area contributed by atoms with Gasteiger partial charge in [0.25, 0.3) is 0 Å². The third-order valence-corrected chi connectivity index (χ3v) is 4.25. The van der Waals surface area contributed by atoms with Gasteiger partial charge in [0.05, 0.1) is 4.90 Å². The fourth-order valence-corrected chi connectivity index (χ4v) is 2.50. The fourth-order valence-electron chi connectivity index (χ4n) is 1.34. The SMILES string of the molecule is CCC(C)CNS(=O)(=O)c1ccc(OCC(=O)O)cc1. The van der Waals surface area contributed by atoms with Crippen molar-refractivity contribution >= 4 is 16.0 Å². The molecule has 0 saturated carbocycles. The number of benzene rings is 1. The Morgan fingerprint density at radius 3 is 2.45 bits per heavy atom. The molecule has 1 aromatic rings. The van der Waals surface area contributed by atoms with Gasteiger partial charge in [-0.3, -0.25) is 0 Å². The van der Waals surface area contributed by atoms with E-state index in [0.717, 1.165) is 6.42 Å². The molecule has 0 aliphatic heterocycles. The van der Waals surface area contributed by atoms with Crippen LogP contribution in [0, 0.1) is 5.92 Å². The van der Waals surface area contributed by atoms with Gasteiger partial charge in [0.15, 0.2) is 6.61 Å². The summed E-state index contributed by atoms with van der Waals surface area (Å²) in [5.74, 6) is -0.506. The Morgan fingerprint density at radius 2 is 1.95 bits per heavy atom. The van der Waals surface area contributed by atoms with Crippen LogP contribution in [0.25, 0.3) is 0 Å². The largest absolute Gasteiger partial charge is 0.482 e. The summed E-state index contributed by atoms with van der Waals surface area (Å²) < 4.78 is 31.4. The maximum atomic E-state index is 12.0. The Kier molecular flexibility index (Phi) is 5.97. The van der Waals surface area contributed by atoms with Gasteiger partial charge in [0.2, 0.25) is 10.0 Å². The molecule has 0 heterocycles. The fraction of sp³-hybridized carbons (Fsp3) is 0.462. The zero-order valence-electron chi connectivity index (χ0n) is 11.5. The first-order valence-corrected chi connectivity index (χ1v) is 7.77. The number of carboxylic acids is 1. The second-order valence-corrected chi connectivity index (χ2v) is 6.29. The van der Waals surface area contributed by atoms with Crippen molar-refractivity contribution in [2.75, 3.05) is 13.2 Å². The summed E-state index contributed by atoms with van der Waals surface area (Å²) in [4.78, 5) is 10.5. The van der Waals surface area contributed by atoms with Gasteiger partial charge in [-0.1, -0.05) is 20.3 Å². The molecule has 20 heavy (non-hydrogen) atoms. The average molecular weight is 301 g/mol. The molecule has 1 unspecified atom stereocenters. The standard InChI is InChI=1S/C13H19NO5S/c1-3-10(2)8-14-20(17,18)12-6-4-11(5-7-12)19-9-13(15)16/h4-7,10,14H,3,8-9H2,1-2H3,(H,15,16). The number of sulfonamides is 1. The van der Waals surface area contributed by atoms with Crippen LogP contribution in [-0.2, 0) is 14.8 Å². The summed E-state index contributed by atoms with van der Waals surface area (Å²) in [5.41, 5.74) is 0. The molecule has 1 aromatic carbocycles. The topological polar surface area (TPSA) is 92.7 Å². The minimum atomic E-state index is -3.54. The lowest BCUT2D eigenvalue weighted by Gasteiger charge is -2.11. The van der Waals surface area contributed by atoms with Gasteiger partial charge in [0, 0.05) is 6.54 Å². The Hall–Kier alpha value is -1.60. The lowest BCUT2D eigenvalue weighted by molar-refractivity contribution is -0.139. The summed E-state index contributed by atoms with van der Waals surface area (Å²) in [5, 5.41) is 8.47. The zero-order valence-corrected chi connectivity index (χ0v) is 12.3. The van der Waals surface area contributed by atoms with Gasteiger partial charge in [-0.15, -0.1) is 0 Å². The maximum Gasteiger partial charge on any atom is 0.341 e. The van der Waals surface area contributed by atoms with Crippen LogP contribution in [0.3, 0.4) is 0 Å². The number of carboxylic acid groups (broad SMARTS) is 1. The van der Waals surface area contributed by atoms with Gasteiger partial charge in [-0.05, 0) is 30.2 Å². The molecule has 1 atom stereocenters. The first-order valence-electron chi connectivity index (χ1n) is 6.29. The molecule has 7 heteroatoms. The van der Waals surface area contributed by atoms with E-state index in [9.17, 15) is 13.2 Å². The van der Waals surface area contributed by atoms with E-state index in [1.54, 1.807) is 0 Å². The maximum absolute atomic E-state index is 12.0. The highest BCUT2D eigenvalue weighted by atomic mass is 32.2. The lowest BCUT2D eigenvalue weighted by Crippen LogP contribution is -2.28. The molecule has 0 radical (unpaired) electrons. The average Bonchev–Trinajstić information content (AvgIpc) is 2.43. The molecular weight excluding hydrogens is 282 g/mol. The van der Waals surface area contributed by atoms with Gasteiger partial charge < -0.3 is 9.84 Å². The van der Waals surface area contributed by atoms with Crippen molar-refractivity contribution in [3.63, 3.8) is 0 Å². The van der Waals surface area contributed by atoms with E-state index in [0.29, 0.717) is 12.3 Å². The van der Waals surface area contributed by atoms with Crippen LogP contribution in [-0.4, -0.2) is 32.6 Å². The van der Waals surface area contributed by atoms with Gasteiger partial charge in [0.1, 0.15) is 5.75 Å². The number of nitrogens with one attached hydrogen (secondary N) is 1. The highest BCUT2D eigenvalue weighted by Crippen LogP contribution is 2.16. The lowest BCUT2D eigenvalue weighted by atomic mass is 10.1. The number of rotatable bonds is 8. The summed E-state index contributed by atoms with van der Waals surface area (Å²) in [6.45, 7) is 3.88. The molecule has 6 nitrogen and oxygen atoms in total. The Labute approximate surface area is 118 Å². The Bertz CT molecular complexity index is 538. The number of ether oxygens (including phenoxy) is 1. The molecular formula is C13H19NO5S. The number of hydrogen-bond acceptors (Lipinski definition) is 4. The van der Waals surface area contributed by atoms with Crippen molar-refractivity contribution in [2.24, 2.45) is 5.92 Å². The first kappa shape index (κ1) is 16.5. The Morgan fingerprint density at radius 1 is 1.35 bits per heavy atom. The van der Waals surface area contributed by atoms with Crippen LogP contribution < -0.4 is 9.46 Å². The predicted octanol–water partition coefficient (Wildman–Crippen LogP) is 1.47. The van der Waals surface area contributed by atoms with Crippen LogP contribution in [0.5, 0.6) is 5.75 Å². The van der Waals surface area contributed by atoms with Crippen LogP contribution in [0.2, 0.25) is 0 Å². The highest BCUT2D eigenvalue weighted by molar-refractivity contribution is 7.89. The number of carbonyl (C=O) groups is 1. The molecule has 0 aliphatic carbocycles. The summed E-state index contributed by atoms with van der Waals surface area (Å²) in [7, 11) is -3.54. The van der Waals surface area contributed by atoms with Crippen LogP contribution in [0.4, 0.5) is 0 Å². The molecule has 0 spiro atoms. The zero-order chi connectivity index (χ0) is 15.2. The molecule has 0 bridgehead atoms. The summed E-state index contributed by atoms with van der Waals surface area (Å²) in [6.07, 6.45) is 0.893. The van der Waals surface area contributed by atoms with E-state index in [2.05, 4.69) is 4.72 Å². The number of aliphatic carboxylic acids is 1. The van der Waals surface area contributed by atoms with Crippen molar-refractivity contribution in [3.05, 3.63) is 24.3 Å². The van der Waals surface area contributed by atoms with E-state index in [1.165, 1.54) is 24.3 Å². The van der Waals surface area contributed by atoms with E-state index >= 15 is 0 Å². The molecule has 1 rings (SSSR count). The summed E-state index contributed by atoms with van der Waals surface area (Å²) >= 11 is 0. The second-order valence-electron chi connectivity index (χ2n) is 4.52. The molecule has 0 fully saturated rings. The van der Waals surface area contributed by atoms with Crippen LogP contribution in [0.1, 0.15) is 20.3 Å². The molecule has 2 N–H and O–H groups in total. The van der Waals surface area contributed by atoms with Crippen molar-refractivity contribution in [1.82, 2.24) is 4.72 Å². The molecule has 0 saturated heterocycles. The minimum absolute atomic E-state index is 0.128. The summed E-state index contributed by atoms with van der Waals surface area (Å²) in [6, 6.07) is 5.63. The molecule has 0 aliphatic rings. The van der Waals surface area contributed by atoms with Crippen molar-refractivity contribution in [1.29, 1.82) is 0 Å². The van der Waals surface area contributed by atoms with Crippen molar-refractivity contribution in [2.45, 2.75) is 25.2 Å². The smallest absolute Gasteiger partial charge is 0.341 e. The molecule has 112 valence electrons. The van der Waals surface area contributed by atoms with Gasteiger partial charge in [-0.2, -0.15) is 0 Å². The number of hydrogen-bond donors (Lipinski definition) is 2. The van der Waals surface area contributed by atoms with Crippen LogP contribution in [0.15, 0.2) is 29.2 Å². The third kappa shape index (κ3) is 5.18. The van der Waals surface area contributed by atoms with Gasteiger partial charge in [-0.25, -0.2) is 17.9 Å². The monoisotopic (exact) mass is 301 g/mol. The van der Waals surface area contributed by atoms with Crippen molar-refractivity contribution in [3.8, 4) is 5.75 Å². The molecule has 0 aromatic heterocycles. The van der Waals surface area contributed by atoms with Crippen molar-refractivity contribution < 1.29 is 23.1 Å². The quantitative estimate of drug-likeness (QED) is 0.758. The Balaban J connectivity index is 2.69. The van der Waals surface area contributed by atoms with E-state index in [4.69, 9.17) is 9.84 Å². The van der Waals surface area contributed by atoms with E-state index in [-0.39, 0.29) is 10.8 Å². The predicted molar refractivity (Wildman–Crippen MR) is 74.2 cm³/mol. The van der Waals surface area contributed by atoms with E-state index < -0.39 is 22.6 Å². The molecule has 0 amide bonds. The second kappa shape index (κ2) is 7.25.